The van der Waals surface area contributed by atoms with Crippen molar-refractivity contribution in [2.45, 2.75) is 54.8 Å². The minimum atomic E-state index is -0.493. The minimum absolute atomic E-state index is 0.0812. The maximum Gasteiger partial charge on any atom is 0.0792 e. The fourth-order valence-electron chi connectivity index (χ4n) is 2.38. The first kappa shape index (κ1) is 12.0. The van der Waals surface area contributed by atoms with Gasteiger partial charge in [0.25, 0.3) is 0 Å². The molecule has 0 spiro atoms. The monoisotopic (exact) mass is 236 g/mol. The van der Waals surface area contributed by atoms with Crippen LogP contribution in [0.15, 0.2) is 35.2 Å². The SMILES string of the molecule is CCC(O)(CC)C1(Sc2ccccc2)CC1. The molecule has 1 fully saturated rings. The maximum absolute atomic E-state index is 10.7. The lowest BCUT2D eigenvalue weighted by Crippen LogP contribution is -2.41. The Balaban J connectivity index is 2.15. The summed E-state index contributed by atoms with van der Waals surface area (Å²) < 4.78 is 0.0812. The Kier molecular flexibility index (Phi) is 3.32. The van der Waals surface area contributed by atoms with Gasteiger partial charge in [-0.25, -0.2) is 0 Å². The molecule has 1 N–H and O–H groups in total. The molecule has 1 aliphatic rings. The molecule has 0 radical (unpaired) electrons. The molecule has 16 heavy (non-hydrogen) atoms. The van der Waals surface area contributed by atoms with Gasteiger partial charge in [0.15, 0.2) is 0 Å². The van der Waals surface area contributed by atoms with E-state index in [1.807, 2.05) is 17.8 Å². The first-order valence-corrected chi connectivity index (χ1v) is 6.94. The van der Waals surface area contributed by atoms with E-state index in [9.17, 15) is 5.11 Å². The van der Waals surface area contributed by atoms with E-state index in [1.165, 1.54) is 4.90 Å². The lowest BCUT2D eigenvalue weighted by molar-refractivity contribution is 0.0224. The normalized spacial score (nSPS) is 18.4. The fourth-order valence-corrected chi connectivity index (χ4v) is 3.91. The summed E-state index contributed by atoms with van der Waals surface area (Å²) >= 11 is 1.86. The molecule has 1 aromatic rings. The van der Waals surface area contributed by atoms with Crippen LogP contribution in [0.1, 0.15) is 39.5 Å². The van der Waals surface area contributed by atoms with E-state index in [2.05, 4.69) is 38.1 Å². The summed E-state index contributed by atoms with van der Waals surface area (Å²) in [6, 6.07) is 10.4. The van der Waals surface area contributed by atoms with E-state index in [0.717, 1.165) is 25.7 Å². The van der Waals surface area contributed by atoms with Crippen molar-refractivity contribution in [3.63, 3.8) is 0 Å². The highest BCUT2D eigenvalue weighted by Gasteiger charge is 2.57. The Bertz CT molecular complexity index is 339. The van der Waals surface area contributed by atoms with Gasteiger partial charge >= 0.3 is 0 Å². The first-order valence-electron chi connectivity index (χ1n) is 6.12. The third-order valence-corrected chi connectivity index (χ3v) is 5.47. The average molecular weight is 236 g/mol. The number of rotatable bonds is 5. The largest absolute Gasteiger partial charge is 0.388 e. The van der Waals surface area contributed by atoms with Crippen LogP contribution in [-0.4, -0.2) is 15.5 Å². The zero-order valence-electron chi connectivity index (χ0n) is 10.1. The molecule has 0 amide bonds. The molecule has 1 aliphatic carbocycles. The Hall–Kier alpha value is -0.470. The van der Waals surface area contributed by atoms with Crippen LogP contribution in [0.5, 0.6) is 0 Å². The van der Waals surface area contributed by atoms with Gasteiger partial charge in [-0.05, 0) is 37.8 Å². The summed E-state index contributed by atoms with van der Waals surface area (Å²) in [5, 5.41) is 10.7. The van der Waals surface area contributed by atoms with Crippen molar-refractivity contribution >= 4 is 11.8 Å². The molecule has 0 aromatic heterocycles. The maximum atomic E-state index is 10.7. The van der Waals surface area contributed by atoms with Crippen molar-refractivity contribution in [1.82, 2.24) is 0 Å². The first-order chi connectivity index (χ1) is 7.66. The van der Waals surface area contributed by atoms with Gasteiger partial charge in [-0.1, -0.05) is 32.0 Å². The van der Waals surface area contributed by atoms with E-state index in [1.54, 1.807) is 0 Å². The van der Waals surface area contributed by atoms with E-state index < -0.39 is 5.60 Å². The van der Waals surface area contributed by atoms with Crippen LogP contribution in [0.3, 0.4) is 0 Å². The number of thioether (sulfide) groups is 1. The molecule has 88 valence electrons. The number of hydrogen-bond acceptors (Lipinski definition) is 2. The molecular formula is C14H20OS. The van der Waals surface area contributed by atoms with Crippen LogP contribution in [-0.2, 0) is 0 Å². The quantitative estimate of drug-likeness (QED) is 0.837. The van der Waals surface area contributed by atoms with Gasteiger partial charge in [-0.15, -0.1) is 11.8 Å². The molecule has 1 saturated carbocycles. The Labute approximate surface area is 102 Å². The Morgan fingerprint density at radius 1 is 1.19 bits per heavy atom. The molecule has 2 heteroatoms. The molecule has 0 saturated heterocycles. The lowest BCUT2D eigenvalue weighted by atomic mass is 9.91. The Morgan fingerprint density at radius 2 is 1.75 bits per heavy atom. The molecule has 2 rings (SSSR count). The Morgan fingerprint density at radius 3 is 2.19 bits per heavy atom. The third-order valence-electron chi connectivity index (χ3n) is 3.78. The van der Waals surface area contributed by atoms with Gasteiger partial charge in [0.1, 0.15) is 0 Å². The predicted molar refractivity (Wildman–Crippen MR) is 69.8 cm³/mol. The van der Waals surface area contributed by atoms with Gasteiger partial charge in [-0.2, -0.15) is 0 Å². The second-order valence-corrected chi connectivity index (χ2v) is 6.11. The van der Waals surface area contributed by atoms with Gasteiger partial charge in [0, 0.05) is 9.64 Å². The van der Waals surface area contributed by atoms with Gasteiger partial charge in [0.05, 0.1) is 5.60 Å². The summed E-state index contributed by atoms with van der Waals surface area (Å²) in [5.74, 6) is 0. The van der Waals surface area contributed by atoms with Crippen molar-refractivity contribution in [3.8, 4) is 0 Å². The predicted octanol–water partition coefficient (Wildman–Crippen LogP) is 3.86. The summed E-state index contributed by atoms with van der Waals surface area (Å²) in [7, 11) is 0. The van der Waals surface area contributed by atoms with Crippen LogP contribution in [0.25, 0.3) is 0 Å². The average Bonchev–Trinajstić information content (AvgIpc) is 3.10. The van der Waals surface area contributed by atoms with Crippen molar-refractivity contribution in [2.24, 2.45) is 0 Å². The summed E-state index contributed by atoms with van der Waals surface area (Å²) in [6.45, 7) is 4.18. The second kappa shape index (κ2) is 4.42. The van der Waals surface area contributed by atoms with Crippen molar-refractivity contribution < 1.29 is 5.11 Å². The van der Waals surface area contributed by atoms with Gasteiger partial charge in [-0.3, -0.25) is 0 Å². The van der Waals surface area contributed by atoms with E-state index in [-0.39, 0.29) is 4.75 Å². The smallest absolute Gasteiger partial charge is 0.0792 e. The van der Waals surface area contributed by atoms with Crippen molar-refractivity contribution in [2.75, 3.05) is 0 Å². The van der Waals surface area contributed by atoms with Crippen LogP contribution in [0.2, 0.25) is 0 Å². The van der Waals surface area contributed by atoms with Crippen LogP contribution in [0, 0.1) is 0 Å². The molecule has 1 nitrogen and oxygen atoms in total. The van der Waals surface area contributed by atoms with Gasteiger partial charge < -0.3 is 5.11 Å². The number of aliphatic hydroxyl groups is 1. The fraction of sp³-hybridized carbons (Fsp3) is 0.571. The molecule has 0 atom stereocenters. The summed E-state index contributed by atoms with van der Waals surface area (Å²) in [4.78, 5) is 1.28. The topological polar surface area (TPSA) is 20.2 Å². The van der Waals surface area contributed by atoms with Crippen LogP contribution in [0.4, 0.5) is 0 Å². The molecule has 0 unspecified atom stereocenters. The standard InChI is InChI=1S/C14H20OS/c1-3-13(15,4-2)14(10-11-14)16-12-8-6-5-7-9-12/h5-9,15H,3-4,10-11H2,1-2H3. The highest BCUT2D eigenvalue weighted by Crippen LogP contribution is 2.60. The highest BCUT2D eigenvalue weighted by atomic mass is 32.2. The van der Waals surface area contributed by atoms with Crippen molar-refractivity contribution in [3.05, 3.63) is 30.3 Å². The highest BCUT2D eigenvalue weighted by molar-refractivity contribution is 8.01. The molecule has 1 aromatic carbocycles. The number of hydrogen-bond donors (Lipinski definition) is 1. The molecule has 0 heterocycles. The second-order valence-electron chi connectivity index (χ2n) is 4.65. The zero-order chi connectivity index (χ0) is 11.6. The van der Waals surface area contributed by atoms with Crippen LogP contribution >= 0.6 is 11.8 Å². The molecule has 0 aliphatic heterocycles. The third kappa shape index (κ3) is 2.01. The van der Waals surface area contributed by atoms with Crippen LogP contribution < -0.4 is 0 Å². The molecule has 0 bridgehead atoms. The van der Waals surface area contributed by atoms with Gasteiger partial charge in [0.2, 0.25) is 0 Å². The van der Waals surface area contributed by atoms with E-state index >= 15 is 0 Å². The summed E-state index contributed by atoms with van der Waals surface area (Å²) in [5.41, 5.74) is -0.493. The lowest BCUT2D eigenvalue weighted by Gasteiger charge is -2.34. The number of benzene rings is 1. The molecular weight excluding hydrogens is 216 g/mol. The van der Waals surface area contributed by atoms with E-state index in [0.29, 0.717) is 0 Å². The minimum Gasteiger partial charge on any atom is -0.388 e. The van der Waals surface area contributed by atoms with Crippen molar-refractivity contribution in [1.29, 1.82) is 0 Å². The zero-order valence-corrected chi connectivity index (χ0v) is 10.9. The summed E-state index contributed by atoms with van der Waals surface area (Å²) in [6.07, 6.45) is 3.99. The van der Waals surface area contributed by atoms with E-state index in [4.69, 9.17) is 0 Å².